The van der Waals surface area contributed by atoms with Crippen molar-refractivity contribution in [3.05, 3.63) is 57.3 Å². The minimum Gasteiger partial charge on any atom is -0.334 e. The highest BCUT2D eigenvalue weighted by Crippen LogP contribution is 2.32. The normalized spacial score (nSPS) is 18.3. The Bertz CT molecular complexity index is 916. The number of carbonyl (C=O) groups is 3. The summed E-state index contributed by atoms with van der Waals surface area (Å²) in [4.78, 5) is 42.9. The number of imide groups is 1. The van der Waals surface area contributed by atoms with Gasteiger partial charge in [0, 0.05) is 23.5 Å². The van der Waals surface area contributed by atoms with E-state index in [1.165, 1.54) is 4.90 Å². The molecule has 146 valence electrons. The van der Waals surface area contributed by atoms with Gasteiger partial charge in [-0.15, -0.1) is 11.3 Å². The first-order valence-electron chi connectivity index (χ1n) is 9.81. The van der Waals surface area contributed by atoms with E-state index in [0.717, 1.165) is 37.0 Å². The van der Waals surface area contributed by atoms with Crippen molar-refractivity contribution in [2.24, 2.45) is 0 Å². The minimum absolute atomic E-state index is 0.0122. The van der Waals surface area contributed by atoms with Crippen molar-refractivity contribution < 1.29 is 14.4 Å². The molecule has 1 aliphatic carbocycles. The maximum absolute atomic E-state index is 13.0. The maximum Gasteiger partial charge on any atom is 0.261 e. The van der Waals surface area contributed by atoms with Crippen molar-refractivity contribution in [3.63, 3.8) is 0 Å². The topological polar surface area (TPSA) is 57.7 Å². The monoisotopic (exact) mass is 396 g/mol. The standard InChI is InChI=1S/C22H24N2O3S/c1-14(19-9-6-12-28-19)23(2)20(25)15-10-11-17-18(13-15)22(27)24(21(17)26)16-7-4-3-5-8-16/h6,9-14,16H,3-5,7-8H2,1-2H3/t14-/m0/s1. The fraction of sp³-hybridized carbons (Fsp3) is 0.409. The van der Waals surface area contributed by atoms with Gasteiger partial charge in [0.05, 0.1) is 17.2 Å². The van der Waals surface area contributed by atoms with Crippen molar-refractivity contribution in [1.82, 2.24) is 9.80 Å². The van der Waals surface area contributed by atoms with Gasteiger partial charge in [0.15, 0.2) is 0 Å². The highest BCUT2D eigenvalue weighted by Gasteiger charge is 2.40. The van der Waals surface area contributed by atoms with Crippen LogP contribution in [0.25, 0.3) is 0 Å². The first-order valence-corrected chi connectivity index (χ1v) is 10.7. The fourth-order valence-corrected chi connectivity index (χ4v) is 4.99. The molecule has 0 saturated heterocycles. The predicted octanol–water partition coefficient (Wildman–Crippen LogP) is 4.51. The van der Waals surface area contributed by atoms with Gasteiger partial charge in [-0.2, -0.15) is 0 Å². The van der Waals surface area contributed by atoms with Crippen LogP contribution in [-0.4, -0.2) is 40.6 Å². The molecular formula is C22H24N2O3S. The Morgan fingerprint density at radius 2 is 1.82 bits per heavy atom. The third-order valence-electron chi connectivity index (χ3n) is 5.96. The first-order chi connectivity index (χ1) is 13.5. The van der Waals surface area contributed by atoms with E-state index in [9.17, 15) is 14.4 Å². The van der Waals surface area contributed by atoms with E-state index in [2.05, 4.69) is 0 Å². The summed E-state index contributed by atoms with van der Waals surface area (Å²) in [6.07, 6.45) is 5.00. The van der Waals surface area contributed by atoms with Gasteiger partial charge in [-0.05, 0) is 49.4 Å². The Hall–Kier alpha value is -2.47. The molecular weight excluding hydrogens is 372 g/mol. The quantitative estimate of drug-likeness (QED) is 0.715. The number of hydrogen-bond donors (Lipinski definition) is 0. The predicted molar refractivity (Wildman–Crippen MR) is 109 cm³/mol. The van der Waals surface area contributed by atoms with E-state index in [1.807, 2.05) is 24.4 Å². The van der Waals surface area contributed by atoms with Crippen molar-refractivity contribution in [2.75, 3.05) is 7.05 Å². The Balaban J connectivity index is 1.58. The molecule has 0 unspecified atom stereocenters. The number of rotatable bonds is 4. The van der Waals surface area contributed by atoms with Crippen LogP contribution in [0.2, 0.25) is 0 Å². The second-order valence-corrected chi connectivity index (χ2v) is 8.62. The maximum atomic E-state index is 13.0. The van der Waals surface area contributed by atoms with Crippen LogP contribution in [0, 0.1) is 0 Å². The highest BCUT2D eigenvalue weighted by molar-refractivity contribution is 7.10. The van der Waals surface area contributed by atoms with Crippen LogP contribution in [0.3, 0.4) is 0 Å². The molecule has 0 N–H and O–H groups in total. The van der Waals surface area contributed by atoms with Crippen LogP contribution >= 0.6 is 11.3 Å². The van der Waals surface area contributed by atoms with Gasteiger partial charge >= 0.3 is 0 Å². The lowest BCUT2D eigenvalue weighted by molar-refractivity contribution is 0.0548. The number of benzene rings is 1. The number of carbonyl (C=O) groups excluding carboxylic acids is 3. The lowest BCUT2D eigenvalue weighted by Gasteiger charge is -2.29. The summed E-state index contributed by atoms with van der Waals surface area (Å²) in [6, 6.07) is 8.79. The second-order valence-electron chi connectivity index (χ2n) is 7.64. The summed E-state index contributed by atoms with van der Waals surface area (Å²) in [5.41, 5.74) is 1.22. The second kappa shape index (κ2) is 7.51. The summed E-state index contributed by atoms with van der Waals surface area (Å²) >= 11 is 1.61. The lowest BCUT2D eigenvalue weighted by Crippen LogP contribution is -2.40. The van der Waals surface area contributed by atoms with Gasteiger partial charge < -0.3 is 4.90 Å². The van der Waals surface area contributed by atoms with E-state index < -0.39 is 0 Å². The van der Waals surface area contributed by atoms with Crippen LogP contribution in [0.15, 0.2) is 35.7 Å². The Kier molecular flexibility index (Phi) is 5.06. The highest BCUT2D eigenvalue weighted by atomic mass is 32.1. The smallest absolute Gasteiger partial charge is 0.261 e. The van der Waals surface area contributed by atoms with E-state index >= 15 is 0 Å². The Morgan fingerprint density at radius 3 is 2.50 bits per heavy atom. The summed E-state index contributed by atoms with van der Waals surface area (Å²) < 4.78 is 0. The number of thiophene rings is 1. The average Bonchev–Trinajstić information content (AvgIpc) is 3.34. The molecule has 1 aromatic heterocycles. The van der Waals surface area contributed by atoms with Crippen LogP contribution in [0.4, 0.5) is 0 Å². The number of fused-ring (bicyclic) bond motifs is 1. The Labute approximate surface area is 169 Å². The van der Waals surface area contributed by atoms with E-state index in [0.29, 0.717) is 16.7 Å². The molecule has 1 atom stereocenters. The molecule has 1 saturated carbocycles. The minimum atomic E-state index is -0.254. The van der Waals surface area contributed by atoms with Gasteiger partial charge in [-0.25, -0.2) is 0 Å². The summed E-state index contributed by atoms with van der Waals surface area (Å²) in [5.74, 6) is -0.623. The molecule has 2 aliphatic rings. The molecule has 0 spiro atoms. The number of nitrogens with zero attached hydrogens (tertiary/aromatic N) is 2. The fourth-order valence-electron chi connectivity index (χ4n) is 4.16. The van der Waals surface area contributed by atoms with Gasteiger partial charge in [0.25, 0.3) is 17.7 Å². The van der Waals surface area contributed by atoms with Gasteiger partial charge in [0.2, 0.25) is 0 Å². The summed E-state index contributed by atoms with van der Waals surface area (Å²) in [7, 11) is 1.77. The molecule has 0 bridgehead atoms. The van der Waals surface area contributed by atoms with Crippen molar-refractivity contribution in [1.29, 1.82) is 0 Å². The van der Waals surface area contributed by atoms with Gasteiger partial charge in [0.1, 0.15) is 0 Å². The SMILES string of the molecule is C[C@@H](c1cccs1)N(C)C(=O)c1ccc2c(c1)C(=O)N(C1CCCCC1)C2=O. The van der Waals surface area contributed by atoms with Gasteiger partial charge in [-0.1, -0.05) is 25.3 Å². The Morgan fingerprint density at radius 1 is 1.11 bits per heavy atom. The van der Waals surface area contributed by atoms with Crippen molar-refractivity contribution in [3.8, 4) is 0 Å². The van der Waals surface area contributed by atoms with E-state index in [4.69, 9.17) is 0 Å². The number of amides is 3. The summed E-state index contributed by atoms with van der Waals surface area (Å²) in [6.45, 7) is 1.98. The molecule has 5 nitrogen and oxygen atoms in total. The largest absolute Gasteiger partial charge is 0.334 e. The van der Waals surface area contributed by atoms with Gasteiger partial charge in [-0.3, -0.25) is 19.3 Å². The molecule has 6 heteroatoms. The molecule has 1 aliphatic heterocycles. The van der Waals surface area contributed by atoms with E-state index in [1.54, 1.807) is 41.5 Å². The molecule has 1 fully saturated rings. The first kappa shape index (κ1) is 18.9. The van der Waals surface area contributed by atoms with Crippen LogP contribution in [-0.2, 0) is 0 Å². The average molecular weight is 397 g/mol. The molecule has 4 rings (SSSR count). The molecule has 2 heterocycles. The van der Waals surface area contributed by atoms with Crippen molar-refractivity contribution >= 4 is 29.1 Å². The van der Waals surface area contributed by atoms with Crippen molar-refractivity contribution in [2.45, 2.75) is 51.1 Å². The van der Waals surface area contributed by atoms with Crippen LogP contribution in [0.5, 0.6) is 0 Å². The molecule has 0 radical (unpaired) electrons. The van der Waals surface area contributed by atoms with Crippen LogP contribution in [0.1, 0.15) is 81.0 Å². The lowest BCUT2D eigenvalue weighted by atomic mass is 9.94. The van der Waals surface area contributed by atoms with Crippen LogP contribution < -0.4 is 0 Å². The molecule has 3 amide bonds. The summed E-state index contributed by atoms with van der Waals surface area (Å²) in [5, 5.41) is 1.99. The molecule has 28 heavy (non-hydrogen) atoms. The van der Waals surface area contributed by atoms with E-state index in [-0.39, 0.29) is 29.8 Å². The number of hydrogen-bond acceptors (Lipinski definition) is 4. The molecule has 2 aromatic rings. The third-order valence-corrected chi connectivity index (χ3v) is 7.00. The zero-order valence-corrected chi connectivity index (χ0v) is 17.0. The molecule has 1 aromatic carbocycles. The zero-order chi connectivity index (χ0) is 19.8. The third kappa shape index (κ3) is 3.15. The zero-order valence-electron chi connectivity index (χ0n) is 16.2.